The molecule has 1 heterocycles. The highest BCUT2D eigenvalue weighted by molar-refractivity contribution is 5.85. The zero-order valence-corrected chi connectivity index (χ0v) is 13.1. The number of halogens is 1. The summed E-state index contributed by atoms with van der Waals surface area (Å²) in [4.78, 5) is 11.6. The van der Waals surface area contributed by atoms with E-state index in [1.807, 2.05) is 0 Å². The molecule has 0 aromatic heterocycles. The lowest BCUT2D eigenvalue weighted by Crippen LogP contribution is -2.26. The Hall–Kier alpha value is -0.320. The summed E-state index contributed by atoms with van der Waals surface area (Å²) in [5.74, 6) is 1.47. The van der Waals surface area contributed by atoms with Crippen molar-refractivity contribution in [2.24, 2.45) is 11.8 Å². The normalized spacial score (nSPS) is 18.4. The van der Waals surface area contributed by atoms with Gasteiger partial charge in [-0.25, -0.2) is 0 Å². The third-order valence-corrected chi connectivity index (χ3v) is 3.18. The van der Waals surface area contributed by atoms with Crippen LogP contribution in [-0.2, 0) is 9.53 Å². The van der Waals surface area contributed by atoms with Crippen LogP contribution in [-0.4, -0.2) is 38.8 Å². The lowest BCUT2D eigenvalue weighted by molar-refractivity contribution is -0.121. The topological polar surface area (TPSA) is 50.4 Å². The molecule has 0 radical (unpaired) electrons. The molecule has 1 saturated heterocycles. The summed E-state index contributed by atoms with van der Waals surface area (Å²) in [5, 5.41) is 6.28. The van der Waals surface area contributed by atoms with E-state index in [0.717, 1.165) is 45.7 Å². The third-order valence-electron chi connectivity index (χ3n) is 3.18. The molecule has 2 N–H and O–H groups in total. The second-order valence-corrected chi connectivity index (χ2v) is 5.57. The number of amides is 1. The molecule has 0 aromatic carbocycles. The van der Waals surface area contributed by atoms with Gasteiger partial charge in [0.1, 0.15) is 0 Å². The van der Waals surface area contributed by atoms with E-state index < -0.39 is 0 Å². The molecule has 1 rings (SSSR count). The minimum Gasteiger partial charge on any atom is -0.381 e. The van der Waals surface area contributed by atoms with Crippen LogP contribution in [0, 0.1) is 11.8 Å². The van der Waals surface area contributed by atoms with Crippen molar-refractivity contribution in [3.8, 4) is 0 Å². The number of carbonyl (C=O) groups is 1. The van der Waals surface area contributed by atoms with Crippen LogP contribution >= 0.6 is 12.4 Å². The van der Waals surface area contributed by atoms with Crippen molar-refractivity contribution < 1.29 is 9.53 Å². The molecule has 0 saturated carbocycles. The Morgan fingerprint density at radius 1 is 1.47 bits per heavy atom. The van der Waals surface area contributed by atoms with Gasteiger partial charge in [-0.2, -0.15) is 0 Å². The Kier molecular flexibility index (Phi) is 11.3. The fourth-order valence-electron chi connectivity index (χ4n) is 2.11. The van der Waals surface area contributed by atoms with E-state index in [0.29, 0.717) is 18.3 Å². The molecule has 19 heavy (non-hydrogen) atoms. The van der Waals surface area contributed by atoms with Gasteiger partial charge in [-0.1, -0.05) is 13.8 Å². The van der Waals surface area contributed by atoms with E-state index in [1.54, 1.807) is 0 Å². The average molecular weight is 293 g/mol. The van der Waals surface area contributed by atoms with Crippen LogP contribution in [0.2, 0.25) is 0 Å². The number of carbonyl (C=O) groups excluding carboxylic acids is 1. The zero-order valence-electron chi connectivity index (χ0n) is 12.2. The van der Waals surface area contributed by atoms with Gasteiger partial charge in [0, 0.05) is 26.2 Å². The number of hydrogen-bond acceptors (Lipinski definition) is 3. The van der Waals surface area contributed by atoms with Crippen molar-refractivity contribution in [3.05, 3.63) is 0 Å². The summed E-state index contributed by atoms with van der Waals surface area (Å²) >= 11 is 0. The maximum absolute atomic E-state index is 11.6. The highest BCUT2D eigenvalue weighted by atomic mass is 35.5. The van der Waals surface area contributed by atoms with Crippen LogP contribution in [0.25, 0.3) is 0 Å². The van der Waals surface area contributed by atoms with Crippen molar-refractivity contribution >= 4 is 18.3 Å². The van der Waals surface area contributed by atoms with Crippen LogP contribution in [0.15, 0.2) is 0 Å². The van der Waals surface area contributed by atoms with Crippen LogP contribution < -0.4 is 10.6 Å². The lowest BCUT2D eigenvalue weighted by atomic mass is 10.0. The molecule has 1 atom stereocenters. The van der Waals surface area contributed by atoms with Gasteiger partial charge in [-0.3, -0.25) is 4.79 Å². The second kappa shape index (κ2) is 11.5. The maximum Gasteiger partial charge on any atom is 0.220 e. The Bertz CT molecular complexity index is 231. The van der Waals surface area contributed by atoms with Crippen LogP contribution in [0.5, 0.6) is 0 Å². The molecule has 1 aliphatic heterocycles. The van der Waals surface area contributed by atoms with Gasteiger partial charge in [-0.05, 0) is 44.2 Å². The molecule has 1 amide bonds. The van der Waals surface area contributed by atoms with Crippen LogP contribution in [0.1, 0.15) is 39.5 Å². The van der Waals surface area contributed by atoms with Gasteiger partial charge in [0.2, 0.25) is 5.91 Å². The minimum atomic E-state index is 0. The summed E-state index contributed by atoms with van der Waals surface area (Å²) in [6, 6.07) is 0. The first-order valence-corrected chi connectivity index (χ1v) is 7.23. The molecule has 1 fully saturated rings. The summed E-state index contributed by atoms with van der Waals surface area (Å²) in [6.45, 7) is 8.75. The molecule has 0 aromatic rings. The number of hydrogen-bond donors (Lipinski definition) is 2. The van der Waals surface area contributed by atoms with E-state index in [1.165, 1.54) is 6.42 Å². The van der Waals surface area contributed by atoms with Crippen LogP contribution in [0.3, 0.4) is 0 Å². The van der Waals surface area contributed by atoms with Crippen molar-refractivity contribution in [3.63, 3.8) is 0 Å². The molecule has 1 unspecified atom stereocenters. The second-order valence-electron chi connectivity index (χ2n) is 5.57. The van der Waals surface area contributed by atoms with E-state index in [2.05, 4.69) is 24.5 Å². The van der Waals surface area contributed by atoms with Gasteiger partial charge >= 0.3 is 0 Å². The fraction of sp³-hybridized carbons (Fsp3) is 0.929. The molecule has 0 spiro atoms. The molecule has 1 aliphatic rings. The zero-order chi connectivity index (χ0) is 13.2. The predicted molar refractivity (Wildman–Crippen MR) is 80.7 cm³/mol. The summed E-state index contributed by atoms with van der Waals surface area (Å²) < 4.78 is 5.46. The first kappa shape index (κ1) is 18.7. The highest BCUT2D eigenvalue weighted by Crippen LogP contribution is 2.13. The molecule has 0 aliphatic carbocycles. The summed E-state index contributed by atoms with van der Waals surface area (Å²) in [7, 11) is 0. The van der Waals surface area contributed by atoms with Crippen LogP contribution in [0.4, 0.5) is 0 Å². The quantitative estimate of drug-likeness (QED) is 0.639. The predicted octanol–water partition coefficient (Wildman–Crippen LogP) is 1.98. The van der Waals surface area contributed by atoms with Gasteiger partial charge < -0.3 is 15.4 Å². The van der Waals surface area contributed by atoms with E-state index in [9.17, 15) is 4.79 Å². The molecular formula is C14H29ClN2O2. The maximum atomic E-state index is 11.6. The number of ether oxygens (including phenoxy) is 1. The van der Waals surface area contributed by atoms with Crippen molar-refractivity contribution in [2.45, 2.75) is 39.5 Å². The van der Waals surface area contributed by atoms with E-state index in [-0.39, 0.29) is 18.3 Å². The van der Waals surface area contributed by atoms with Gasteiger partial charge in [-0.15, -0.1) is 12.4 Å². The van der Waals surface area contributed by atoms with Gasteiger partial charge in [0.25, 0.3) is 0 Å². The Morgan fingerprint density at radius 3 is 2.89 bits per heavy atom. The third kappa shape index (κ3) is 10.2. The SMILES string of the molecule is CC(C)COCCCNC(=O)CCC1CCNC1.Cl. The molecule has 114 valence electrons. The summed E-state index contributed by atoms with van der Waals surface area (Å²) in [5.41, 5.74) is 0. The van der Waals surface area contributed by atoms with Crippen molar-refractivity contribution in [1.82, 2.24) is 10.6 Å². The number of nitrogens with one attached hydrogen (secondary N) is 2. The molecule has 0 bridgehead atoms. The van der Waals surface area contributed by atoms with E-state index >= 15 is 0 Å². The van der Waals surface area contributed by atoms with Gasteiger partial charge in [0.05, 0.1) is 0 Å². The Morgan fingerprint density at radius 2 is 2.26 bits per heavy atom. The summed E-state index contributed by atoms with van der Waals surface area (Å²) in [6.07, 6.45) is 3.81. The average Bonchev–Trinajstić information content (AvgIpc) is 2.83. The Labute approximate surface area is 123 Å². The lowest BCUT2D eigenvalue weighted by Gasteiger charge is -2.09. The number of rotatable bonds is 9. The molecule has 4 nitrogen and oxygen atoms in total. The first-order valence-electron chi connectivity index (χ1n) is 7.23. The monoisotopic (exact) mass is 292 g/mol. The standard InChI is InChI=1S/C14H28N2O2.ClH/c1-12(2)11-18-9-3-7-16-14(17)5-4-13-6-8-15-10-13;/h12-13,15H,3-11H2,1-2H3,(H,16,17);1H. The first-order chi connectivity index (χ1) is 8.68. The molecule has 5 heteroatoms. The van der Waals surface area contributed by atoms with Gasteiger partial charge in [0.15, 0.2) is 0 Å². The van der Waals surface area contributed by atoms with E-state index in [4.69, 9.17) is 4.74 Å². The molecular weight excluding hydrogens is 264 g/mol. The smallest absolute Gasteiger partial charge is 0.220 e. The van der Waals surface area contributed by atoms with Crippen molar-refractivity contribution in [2.75, 3.05) is 32.8 Å². The highest BCUT2D eigenvalue weighted by Gasteiger charge is 2.15. The van der Waals surface area contributed by atoms with Crippen molar-refractivity contribution in [1.29, 1.82) is 0 Å². The minimum absolute atomic E-state index is 0. The Balaban J connectivity index is 0.00000324. The largest absolute Gasteiger partial charge is 0.381 e. The fourth-order valence-corrected chi connectivity index (χ4v) is 2.11.